The monoisotopic (exact) mass is 740 g/mol. The van der Waals surface area contributed by atoms with E-state index in [1.165, 1.54) is 26.9 Å². The van der Waals surface area contributed by atoms with Gasteiger partial charge in [0, 0.05) is 63.2 Å². The molecule has 270 valence electrons. The Morgan fingerprint density at radius 3 is 1.22 bits per heavy atom. The van der Waals surface area contributed by atoms with Crippen molar-refractivity contribution in [3.05, 3.63) is 195 Å². The Hall–Kier alpha value is -7.96. The molecule has 4 heterocycles. The van der Waals surface area contributed by atoms with Gasteiger partial charge in [0.15, 0.2) is 17.5 Å². The summed E-state index contributed by atoms with van der Waals surface area (Å²) in [6, 6.07) is 59.0. The van der Waals surface area contributed by atoms with Crippen molar-refractivity contribution < 1.29 is 0 Å². The molecular formula is C52H32N6. The maximum atomic E-state index is 5.40. The summed E-state index contributed by atoms with van der Waals surface area (Å²) in [4.78, 5) is 29.1. The molecule has 6 heteroatoms. The van der Waals surface area contributed by atoms with Gasteiger partial charge in [0.25, 0.3) is 0 Å². The van der Waals surface area contributed by atoms with Crippen molar-refractivity contribution in [3.63, 3.8) is 0 Å². The normalized spacial score (nSPS) is 11.4. The van der Waals surface area contributed by atoms with Crippen LogP contribution in [0.5, 0.6) is 0 Å². The SMILES string of the molecule is c1cc(-c2nc(-c3ccc(-c4ccncc4)cc3)nc(-c3ccc(-c4ccncc4)cc3)n2)cc(-c2nc3ccccc3c3c4ccccc4c4ccccc4c23)c1. The van der Waals surface area contributed by atoms with Crippen LogP contribution >= 0.6 is 0 Å². The van der Waals surface area contributed by atoms with E-state index in [1.807, 2.05) is 49.1 Å². The van der Waals surface area contributed by atoms with E-state index in [0.717, 1.165) is 66.5 Å². The summed E-state index contributed by atoms with van der Waals surface area (Å²) in [6.45, 7) is 0. The van der Waals surface area contributed by atoms with E-state index in [0.29, 0.717) is 17.5 Å². The number of hydrogen-bond donors (Lipinski definition) is 0. The summed E-state index contributed by atoms with van der Waals surface area (Å²) >= 11 is 0. The van der Waals surface area contributed by atoms with E-state index in [2.05, 4.69) is 156 Å². The molecule has 0 bridgehead atoms. The molecule has 6 nitrogen and oxygen atoms in total. The van der Waals surface area contributed by atoms with Crippen molar-refractivity contribution >= 4 is 43.2 Å². The molecule has 0 atom stereocenters. The maximum Gasteiger partial charge on any atom is 0.164 e. The van der Waals surface area contributed by atoms with Gasteiger partial charge in [-0.2, -0.15) is 0 Å². The highest BCUT2D eigenvalue weighted by Crippen LogP contribution is 2.43. The second-order valence-corrected chi connectivity index (χ2v) is 14.3. The number of hydrogen-bond acceptors (Lipinski definition) is 6. The molecule has 4 aromatic heterocycles. The fraction of sp³-hybridized carbons (Fsp3) is 0. The molecule has 11 rings (SSSR count). The van der Waals surface area contributed by atoms with Crippen LogP contribution in [0.4, 0.5) is 0 Å². The zero-order chi connectivity index (χ0) is 38.4. The molecule has 0 N–H and O–H groups in total. The number of nitrogens with zero attached hydrogens (tertiary/aromatic N) is 6. The van der Waals surface area contributed by atoms with Gasteiger partial charge in [0.2, 0.25) is 0 Å². The topological polar surface area (TPSA) is 77.3 Å². The summed E-state index contributed by atoms with van der Waals surface area (Å²) in [5, 5.41) is 8.29. The molecule has 0 aliphatic rings. The Morgan fingerprint density at radius 2 is 0.672 bits per heavy atom. The molecule has 7 aromatic carbocycles. The molecule has 0 fully saturated rings. The average Bonchev–Trinajstić information content (AvgIpc) is 3.31. The minimum atomic E-state index is 0.582. The molecule has 0 unspecified atom stereocenters. The second-order valence-electron chi connectivity index (χ2n) is 14.3. The second kappa shape index (κ2) is 14.0. The first-order valence-electron chi connectivity index (χ1n) is 19.3. The van der Waals surface area contributed by atoms with Gasteiger partial charge in [0.05, 0.1) is 11.2 Å². The van der Waals surface area contributed by atoms with Crippen LogP contribution in [0.15, 0.2) is 195 Å². The Balaban J connectivity index is 1.10. The predicted octanol–water partition coefficient (Wildman–Crippen LogP) is 12.7. The zero-order valence-electron chi connectivity index (χ0n) is 31.2. The first kappa shape index (κ1) is 33.4. The highest BCUT2D eigenvalue weighted by atomic mass is 15.0. The van der Waals surface area contributed by atoms with Crippen LogP contribution < -0.4 is 0 Å². The van der Waals surface area contributed by atoms with E-state index in [9.17, 15) is 0 Å². The lowest BCUT2D eigenvalue weighted by atomic mass is 9.90. The van der Waals surface area contributed by atoms with E-state index >= 15 is 0 Å². The Kier molecular flexibility index (Phi) is 8.04. The Bertz CT molecular complexity index is 3210. The van der Waals surface area contributed by atoms with E-state index in [4.69, 9.17) is 19.9 Å². The molecule has 0 saturated carbocycles. The van der Waals surface area contributed by atoms with Gasteiger partial charge >= 0.3 is 0 Å². The molecule has 0 amide bonds. The summed E-state index contributed by atoms with van der Waals surface area (Å²) in [5.41, 5.74) is 9.90. The first-order chi connectivity index (χ1) is 28.7. The minimum Gasteiger partial charge on any atom is -0.265 e. The lowest BCUT2D eigenvalue weighted by Crippen LogP contribution is -2.00. The quantitative estimate of drug-likeness (QED) is 0.158. The number of benzene rings is 7. The third-order valence-electron chi connectivity index (χ3n) is 10.9. The maximum absolute atomic E-state index is 5.40. The highest BCUT2D eigenvalue weighted by molar-refractivity contribution is 6.33. The third-order valence-corrected chi connectivity index (χ3v) is 10.9. The number of aromatic nitrogens is 6. The van der Waals surface area contributed by atoms with Crippen molar-refractivity contribution in [2.75, 3.05) is 0 Å². The summed E-state index contributed by atoms with van der Waals surface area (Å²) < 4.78 is 0. The first-order valence-corrected chi connectivity index (χ1v) is 19.3. The van der Waals surface area contributed by atoms with Crippen molar-refractivity contribution in [3.8, 4) is 67.7 Å². The van der Waals surface area contributed by atoms with Crippen LogP contribution in [0.3, 0.4) is 0 Å². The van der Waals surface area contributed by atoms with Crippen molar-refractivity contribution in [1.82, 2.24) is 29.9 Å². The van der Waals surface area contributed by atoms with Crippen LogP contribution in [0, 0.1) is 0 Å². The smallest absolute Gasteiger partial charge is 0.164 e. The van der Waals surface area contributed by atoms with E-state index in [1.54, 1.807) is 0 Å². The molecular weight excluding hydrogens is 709 g/mol. The van der Waals surface area contributed by atoms with Gasteiger partial charge in [0.1, 0.15) is 0 Å². The number of para-hydroxylation sites is 1. The number of pyridine rings is 3. The third kappa shape index (κ3) is 5.83. The summed E-state index contributed by atoms with van der Waals surface area (Å²) in [5.74, 6) is 1.77. The molecule has 0 aliphatic carbocycles. The highest BCUT2D eigenvalue weighted by Gasteiger charge is 2.19. The van der Waals surface area contributed by atoms with Gasteiger partial charge in [-0.05, 0) is 80.2 Å². The van der Waals surface area contributed by atoms with Crippen LogP contribution in [0.25, 0.3) is 111 Å². The molecule has 0 saturated heterocycles. The van der Waals surface area contributed by atoms with Gasteiger partial charge in [-0.1, -0.05) is 133 Å². The molecule has 58 heavy (non-hydrogen) atoms. The predicted molar refractivity (Wildman–Crippen MR) is 236 cm³/mol. The van der Waals surface area contributed by atoms with Crippen LogP contribution in [-0.4, -0.2) is 29.9 Å². The Labute approximate surface area is 334 Å². The average molecular weight is 741 g/mol. The van der Waals surface area contributed by atoms with Gasteiger partial charge in [-0.3, -0.25) is 9.97 Å². The van der Waals surface area contributed by atoms with E-state index < -0.39 is 0 Å². The number of fused-ring (bicyclic) bond motifs is 8. The molecule has 0 aliphatic heterocycles. The van der Waals surface area contributed by atoms with Crippen LogP contribution in [0.1, 0.15) is 0 Å². The lowest BCUT2D eigenvalue weighted by molar-refractivity contribution is 1.07. The van der Waals surface area contributed by atoms with Gasteiger partial charge in [-0.15, -0.1) is 0 Å². The zero-order valence-corrected chi connectivity index (χ0v) is 31.2. The summed E-state index contributed by atoms with van der Waals surface area (Å²) in [6.07, 6.45) is 7.23. The summed E-state index contributed by atoms with van der Waals surface area (Å²) in [7, 11) is 0. The van der Waals surface area contributed by atoms with E-state index in [-0.39, 0.29) is 0 Å². The lowest BCUT2D eigenvalue weighted by Gasteiger charge is -2.16. The van der Waals surface area contributed by atoms with Crippen molar-refractivity contribution in [2.45, 2.75) is 0 Å². The minimum absolute atomic E-state index is 0.582. The largest absolute Gasteiger partial charge is 0.265 e. The van der Waals surface area contributed by atoms with Crippen molar-refractivity contribution in [1.29, 1.82) is 0 Å². The number of rotatable bonds is 6. The molecule has 0 spiro atoms. The molecule has 0 radical (unpaired) electrons. The van der Waals surface area contributed by atoms with Crippen molar-refractivity contribution in [2.24, 2.45) is 0 Å². The van der Waals surface area contributed by atoms with Gasteiger partial charge in [-0.25, -0.2) is 19.9 Å². The molecule has 11 aromatic rings. The van der Waals surface area contributed by atoms with Crippen LogP contribution in [-0.2, 0) is 0 Å². The fourth-order valence-corrected chi connectivity index (χ4v) is 8.12. The standard InChI is InChI=1S/C52H32N6/c1-3-12-43-41(10-1)42-11-2-4-13-44(42)48-47(43)45-14-5-6-15-46(45)55-49(48)39-8-7-9-40(32-39)52-57-50(37-20-16-33(17-21-37)35-24-28-53-29-25-35)56-51(58-52)38-22-18-34(19-23-38)36-26-30-54-31-27-36/h1-32H. The van der Waals surface area contributed by atoms with Gasteiger partial charge < -0.3 is 0 Å². The Morgan fingerprint density at radius 1 is 0.259 bits per heavy atom. The fourth-order valence-electron chi connectivity index (χ4n) is 8.12. The van der Waals surface area contributed by atoms with Crippen LogP contribution in [0.2, 0.25) is 0 Å².